The lowest BCUT2D eigenvalue weighted by Gasteiger charge is -2.10. The van der Waals surface area contributed by atoms with Crippen LogP contribution in [0.3, 0.4) is 0 Å². The highest BCUT2D eigenvalue weighted by atomic mass is 32.1. The van der Waals surface area contributed by atoms with Crippen LogP contribution in [0, 0.1) is 0 Å². The summed E-state index contributed by atoms with van der Waals surface area (Å²) < 4.78 is 1.03. The van der Waals surface area contributed by atoms with Gasteiger partial charge in [0, 0.05) is 0 Å². The van der Waals surface area contributed by atoms with Crippen LogP contribution in [-0.4, -0.2) is 30.6 Å². The predicted octanol–water partition coefficient (Wildman–Crippen LogP) is 1.38. The number of thiophene rings is 1. The molecule has 0 radical (unpaired) electrons. The Hall–Kier alpha value is -2.09. The Morgan fingerprint density at radius 2 is 2.35 bits per heavy atom. The highest BCUT2D eigenvalue weighted by Crippen LogP contribution is 2.26. The third-order valence-electron chi connectivity index (χ3n) is 2.35. The average Bonchev–Trinajstić information content (AvgIpc) is 3.00. The first-order valence-corrected chi connectivity index (χ1v) is 5.90. The molecule has 3 heterocycles. The Morgan fingerprint density at radius 1 is 1.41 bits per heavy atom. The second-order valence-corrected chi connectivity index (χ2v) is 4.41. The minimum absolute atomic E-state index is 0.0612. The fraction of sp³-hybridized carbons (Fsp3) is 0.222. The minimum atomic E-state index is -0.0612. The normalized spacial score (nSPS) is 12.8. The van der Waals surface area contributed by atoms with Gasteiger partial charge in [-0.1, -0.05) is 5.21 Å². The smallest absolute Gasteiger partial charge is 0.196 e. The first-order valence-electron chi connectivity index (χ1n) is 5.02. The van der Waals surface area contributed by atoms with Crippen molar-refractivity contribution >= 4 is 27.4 Å². The lowest BCUT2D eigenvalue weighted by atomic mass is 10.3. The second kappa shape index (κ2) is 4.06. The molecule has 0 spiro atoms. The zero-order chi connectivity index (χ0) is 11.7. The van der Waals surface area contributed by atoms with E-state index in [9.17, 15) is 0 Å². The lowest BCUT2D eigenvalue weighted by molar-refractivity contribution is 0.789. The molecular formula is C9H9N7S. The molecule has 0 aliphatic carbocycles. The molecular weight excluding hydrogens is 238 g/mol. The first-order chi connectivity index (χ1) is 8.34. The standard InChI is InChI=1S/C9H9N7S/c1-5(8-13-15-16-14-8)12-9-7-6(2-3-17-7)10-4-11-9/h2-5H,1H3,(H,10,11,12)(H,13,14,15,16). The number of fused-ring (bicyclic) bond motifs is 1. The molecule has 3 aromatic rings. The summed E-state index contributed by atoms with van der Waals surface area (Å²) in [6.45, 7) is 1.95. The van der Waals surface area contributed by atoms with Crippen LogP contribution in [0.5, 0.6) is 0 Å². The van der Waals surface area contributed by atoms with E-state index in [1.54, 1.807) is 17.7 Å². The number of nitrogens with one attached hydrogen (secondary N) is 2. The highest BCUT2D eigenvalue weighted by molar-refractivity contribution is 7.17. The zero-order valence-corrected chi connectivity index (χ0v) is 9.77. The first kappa shape index (κ1) is 10.1. The van der Waals surface area contributed by atoms with Crippen molar-refractivity contribution in [1.29, 1.82) is 0 Å². The number of nitrogens with zero attached hydrogens (tertiary/aromatic N) is 5. The molecule has 1 atom stereocenters. The van der Waals surface area contributed by atoms with Gasteiger partial charge in [-0.15, -0.1) is 21.5 Å². The van der Waals surface area contributed by atoms with Gasteiger partial charge in [0.05, 0.1) is 16.3 Å². The van der Waals surface area contributed by atoms with Crippen molar-refractivity contribution in [2.24, 2.45) is 0 Å². The van der Waals surface area contributed by atoms with Crippen LogP contribution in [0.15, 0.2) is 17.8 Å². The molecule has 0 amide bonds. The summed E-state index contributed by atoms with van der Waals surface area (Å²) in [7, 11) is 0. The SMILES string of the molecule is CC(Nc1ncnc2ccsc12)c1nn[nH]n1. The van der Waals surface area contributed by atoms with Gasteiger partial charge in [-0.05, 0) is 18.4 Å². The summed E-state index contributed by atoms with van der Waals surface area (Å²) in [5.41, 5.74) is 0.938. The quantitative estimate of drug-likeness (QED) is 0.726. The Bertz CT molecular complexity index is 617. The minimum Gasteiger partial charge on any atom is -0.359 e. The van der Waals surface area contributed by atoms with Crippen LogP contribution < -0.4 is 5.32 Å². The van der Waals surface area contributed by atoms with E-state index < -0.39 is 0 Å². The van der Waals surface area contributed by atoms with Crippen molar-refractivity contribution in [2.75, 3.05) is 5.32 Å². The fourth-order valence-corrected chi connectivity index (χ4v) is 2.31. The van der Waals surface area contributed by atoms with E-state index in [1.807, 2.05) is 18.4 Å². The van der Waals surface area contributed by atoms with Crippen LogP contribution in [-0.2, 0) is 0 Å². The Kier molecular flexibility index (Phi) is 2.41. The second-order valence-electron chi connectivity index (χ2n) is 3.49. The van der Waals surface area contributed by atoms with Crippen LogP contribution in [0.25, 0.3) is 10.2 Å². The molecule has 0 fully saturated rings. The molecule has 3 aromatic heterocycles. The van der Waals surface area contributed by atoms with E-state index in [2.05, 4.69) is 35.9 Å². The van der Waals surface area contributed by atoms with E-state index in [0.29, 0.717) is 5.82 Å². The molecule has 0 saturated heterocycles. The number of aromatic nitrogens is 6. The van der Waals surface area contributed by atoms with E-state index in [-0.39, 0.29) is 6.04 Å². The van der Waals surface area contributed by atoms with E-state index in [4.69, 9.17) is 0 Å². The van der Waals surface area contributed by atoms with Crippen molar-refractivity contribution in [1.82, 2.24) is 30.6 Å². The fourth-order valence-electron chi connectivity index (χ4n) is 1.51. The van der Waals surface area contributed by atoms with Crippen molar-refractivity contribution in [3.8, 4) is 0 Å². The summed E-state index contributed by atoms with van der Waals surface area (Å²) in [5, 5.41) is 19.1. The van der Waals surface area contributed by atoms with E-state index >= 15 is 0 Å². The third-order valence-corrected chi connectivity index (χ3v) is 3.26. The number of H-pyrrole nitrogens is 1. The Balaban J connectivity index is 1.92. The van der Waals surface area contributed by atoms with Gasteiger partial charge in [0.15, 0.2) is 5.82 Å². The van der Waals surface area contributed by atoms with Gasteiger partial charge in [0.2, 0.25) is 0 Å². The topological polar surface area (TPSA) is 92.3 Å². The molecule has 3 rings (SSSR count). The zero-order valence-electron chi connectivity index (χ0n) is 8.95. The molecule has 0 saturated carbocycles. The van der Waals surface area contributed by atoms with Gasteiger partial charge in [0.1, 0.15) is 12.1 Å². The number of aromatic amines is 1. The monoisotopic (exact) mass is 247 g/mol. The maximum atomic E-state index is 4.23. The molecule has 2 N–H and O–H groups in total. The summed E-state index contributed by atoms with van der Waals surface area (Å²) in [4.78, 5) is 8.41. The van der Waals surface area contributed by atoms with Gasteiger partial charge in [-0.2, -0.15) is 5.21 Å². The van der Waals surface area contributed by atoms with Crippen molar-refractivity contribution < 1.29 is 0 Å². The van der Waals surface area contributed by atoms with Gasteiger partial charge in [0.25, 0.3) is 0 Å². The molecule has 8 heteroatoms. The molecule has 0 bridgehead atoms. The van der Waals surface area contributed by atoms with E-state index in [1.165, 1.54) is 0 Å². The highest BCUT2D eigenvalue weighted by Gasteiger charge is 2.13. The summed E-state index contributed by atoms with van der Waals surface area (Å²) in [6.07, 6.45) is 1.54. The predicted molar refractivity (Wildman–Crippen MR) is 63.6 cm³/mol. The number of hydrogen-bond donors (Lipinski definition) is 2. The molecule has 86 valence electrons. The van der Waals surface area contributed by atoms with Crippen LogP contribution >= 0.6 is 11.3 Å². The van der Waals surface area contributed by atoms with Crippen LogP contribution in [0.1, 0.15) is 18.8 Å². The molecule has 0 aliphatic rings. The van der Waals surface area contributed by atoms with Gasteiger partial charge in [-0.3, -0.25) is 0 Å². The Labute approximate surface area is 100 Å². The maximum Gasteiger partial charge on any atom is 0.196 e. The van der Waals surface area contributed by atoms with Crippen LogP contribution in [0.4, 0.5) is 5.82 Å². The average molecular weight is 247 g/mol. The third kappa shape index (κ3) is 1.82. The summed E-state index contributed by atoms with van der Waals surface area (Å²) in [5.74, 6) is 1.40. The van der Waals surface area contributed by atoms with Crippen molar-refractivity contribution in [3.63, 3.8) is 0 Å². The van der Waals surface area contributed by atoms with Crippen molar-refractivity contribution in [3.05, 3.63) is 23.6 Å². The molecule has 0 aromatic carbocycles. The summed E-state index contributed by atoms with van der Waals surface area (Å²) >= 11 is 1.60. The number of hydrogen-bond acceptors (Lipinski definition) is 7. The Morgan fingerprint density at radius 3 is 3.18 bits per heavy atom. The largest absolute Gasteiger partial charge is 0.359 e. The van der Waals surface area contributed by atoms with E-state index in [0.717, 1.165) is 16.0 Å². The molecule has 1 unspecified atom stereocenters. The maximum absolute atomic E-state index is 4.23. The molecule has 17 heavy (non-hydrogen) atoms. The van der Waals surface area contributed by atoms with Crippen molar-refractivity contribution in [2.45, 2.75) is 13.0 Å². The van der Waals surface area contributed by atoms with Gasteiger partial charge < -0.3 is 5.32 Å². The lowest BCUT2D eigenvalue weighted by Crippen LogP contribution is -2.09. The van der Waals surface area contributed by atoms with Crippen LogP contribution in [0.2, 0.25) is 0 Å². The molecule has 7 nitrogen and oxygen atoms in total. The number of tetrazole rings is 1. The van der Waals surface area contributed by atoms with Gasteiger partial charge >= 0.3 is 0 Å². The number of rotatable bonds is 3. The molecule has 0 aliphatic heterocycles. The summed E-state index contributed by atoms with van der Waals surface area (Å²) in [6, 6.07) is 1.90. The van der Waals surface area contributed by atoms with Gasteiger partial charge in [-0.25, -0.2) is 9.97 Å². The number of anilines is 1.